The van der Waals surface area contributed by atoms with Crippen molar-refractivity contribution in [1.82, 2.24) is 0 Å². The third-order valence-corrected chi connectivity index (χ3v) is 7.09. The number of fused-ring (bicyclic) bond motifs is 1. The smallest absolute Gasteiger partial charge is 0.229 e. The van der Waals surface area contributed by atoms with Crippen molar-refractivity contribution in [2.45, 2.75) is 48.7 Å². The molecule has 2 fully saturated rings. The Morgan fingerprint density at radius 1 is 1.00 bits per heavy atom. The van der Waals surface area contributed by atoms with Gasteiger partial charge in [0.2, 0.25) is 6.29 Å². The van der Waals surface area contributed by atoms with Crippen molar-refractivity contribution in [2.75, 3.05) is 26.9 Å². The molecule has 0 amide bonds. The summed E-state index contributed by atoms with van der Waals surface area (Å²) < 4.78 is 33.3. The van der Waals surface area contributed by atoms with E-state index >= 15 is 0 Å². The Hall–Kier alpha value is -3.11. The zero-order valence-electron chi connectivity index (χ0n) is 21.3. The molecule has 5 rings (SSSR count). The predicted molar refractivity (Wildman–Crippen MR) is 136 cm³/mol. The molecule has 0 saturated carbocycles. The number of methoxy groups -OCH3 is 1. The molecular weight excluding hydrogens is 532 g/mol. The number of ether oxygens (including phenoxy) is 5. The Morgan fingerprint density at radius 2 is 1.73 bits per heavy atom. The number of rotatable bonds is 8. The van der Waals surface area contributed by atoms with Gasteiger partial charge in [0.15, 0.2) is 17.8 Å². The van der Waals surface area contributed by atoms with E-state index in [1.807, 2.05) is 0 Å². The maximum Gasteiger partial charge on any atom is 0.229 e. The van der Waals surface area contributed by atoms with E-state index in [1.54, 1.807) is 31.4 Å². The maximum absolute atomic E-state index is 13.2. The normalized spacial score (nSPS) is 32.3. The summed E-state index contributed by atoms with van der Waals surface area (Å²) in [6.07, 6.45) is -9.29. The molecule has 2 aromatic carbocycles. The summed E-state index contributed by atoms with van der Waals surface area (Å²) in [6, 6.07) is 11.3. The highest BCUT2D eigenvalue weighted by molar-refractivity contribution is 5.82. The van der Waals surface area contributed by atoms with Crippen LogP contribution in [0.1, 0.15) is 0 Å². The van der Waals surface area contributed by atoms with Crippen molar-refractivity contribution in [3.8, 4) is 22.6 Å². The largest absolute Gasteiger partial charge is 0.497 e. The van der Waals surface area contributed by atoms with E-state index in [0.717, 1.165) is 0 Å². The first-order valence-corrected chi connectivity index (χ1v) is 12.5. The summed E-state index contributed by atoms with van der Waals surface area (Å²) in [6.45, 7) is -1.91. The van der Waals surface area contributed by atoms with E-state index in [0.29, 0.717) is 16.9 Å². The second-order valence-corrected chi connectivity index (χ2v) is 9.68. The average Bonchev–Trinajstić information content (AvgIpc) is 3.26. The third-order valence-electron chi connectivity index (χ3n) is 7.09. The van der Waals surface area contributed by atoms with Crippen molar-refractivity contribution in [2.24, 2.45) is 0 Å². The summed E-state index contributed by atoms with van der Waals surface area (Å²) in [4.78, 5) is 13.2. The molecule has 13 heteroatoms. The molecule has 0 spiro atoms. The second-order valence-electron chi connectivity index (χ2n) is 9.68. The third kappa shape index (κ3) is 5.19. The molecule has 216 valence electrons. The van der Waals surface area contributed by atoms with Crippen molar-refractivity contribution in [3.05, 3.63) is 59.0 Å². The quantitative estimate of drug-likeness (QED) is 0.198. The van der Waals surface area contributed by atoms with Gasteiger partial charge < -0.3 is 58.7 Å². The Kier molecular flexibility index (Phi) is 8.10. The van der Waals surface area contributed by atoms with Crippen LogP contribution in [0.25, 0.3) is 22.1 Å². The lowest BCUT2D eigenvalue weighted by Gasteiger charge is -2.42. The van der Waals surface area contributed by atoms with E-state index in [2.05, 4.69) is 0 Å². The van der Waals surface area contributed by atoms with Gasteiger partial charge in [-0.2, -0.15) is 0 Å². The first kappa shape index (κ1) is 28.4. The number of benzene rings is 2. The van der Waals surface area contributed by atoms with Crippen LogP contribution in [0.4, 0.5) is 0 Å². The number of aliphatic hydroxyl groups is 6. The molecule has 13 nitrogen and oxygen atoms in total. The molecule has 0 bridgehead atoms. The fourth-order valence-corrected chi connectivity index (χ4v) is 4.65. The lowest BCUT2D eigenvalue weighted by atomic mass is 9.98. The predicted octanol–water partition coefficient (Wildman–Crippen LogP) is -0.888. The average molecular weight is 563 g/mol. The summed E-state index contributed by atoms with van der Waals surface area (Å²) >= 11 is 0. The van der Waals surface area contributed by atoms with Crippen LogP contribution in [0.5, 0.6) is 11.5 Å². The van der Waals surface area contributed by atoms with Crippen molar-refractivity contribution < 1.29 is 58.7 Å². The topological polar surface area (TPSA) is 198 Å². The molecule has 6 N–H and O–H groups in total. The molecule has 3 aromatic rings. The highest BCUT2D eigenvalue weighted by Crippen LogP contribution is 2.33. The standard InChI is InChI=1S/C27H30O13/c1-35-14-4-2-13(3-5-14)17-10-36-18-8-15(6-7-16(18)20(17)30)38-25-23(22(32)21(31)19(9-28)39-25)40-26-24(33)27(34,11-29)12-37-26/h2-8,10,19,21-26,28-29,31-34H,9,11-12H2,1H3/t19-,21-,22+,23+,24-,25+,26+,27+/m1/s1. The van der Waals surface area contributed by atoms with E-state index in [9.17, 15) is 35.4 Å². The van der Waals surface area contributed by atoms with Crippen LogP contribution in [0.2, 0.25) is 0 Å². The molecule has 0 radical (unpaired) electrons. The summed E-state index contributed by atoms with van der Waals surface area (Å²) in [7, 11) is 1.54. The SMILES string of the molecule is COc1ccc(-c2coc3cc(O[C@H]4O[C@H](CO)[C@@H](O)[C@H](O)[C@@H]4O[C@@H]4OC[C@@](O)(CO)[C@@H]4O)ccc3c2=O)cc1. The Balaban J connectivity index is 1.40. The molecule has 8 atom stereocenters. The lowest BCUT2D eigenvalue weighted by molar-refractivity contribution is -0.318. The van der Waals surface area contributed by atoms with Crippen molar-refractivity contribution >= 4 is 11.0 Å². The van der Waals surface area contributed by atoms with Crippen molar-refractivity contribution in [3.63, 3.8) is 0 Å². The number of hydrogen-bond donors (Lipinski definition) is 6. The molecule has 3 heterocycles. The minimum atomic E-state index is -1.99. The van der Waals surface area contributed by atoms with E-state index in [1.165, 1.54) is 24.5 Å². The Labute approximate surface area is 227 Å². The number of hydrogen-bond acceptors (Lipinski definition) is 13. The summed E-state index contributed by atoms with van der Waals surface area (Å²) in [5.41, 5.74) is -1.10. The van der Waals surface area contributed by atoms with Gasteiger partial charge in [-0.05, 0) is 29.8 Å². The number of aliphatic hydroxyl groups excluding tert-OH is 5. The maximum atomic E-state index is 13.2. The fraction of sp³-hybridized carbons (Fsp3) is 0.444. The molecule has 2 aliphatic heterocycles. The van der Waals surface area contributed by atoms with Gasteiger partial charge in [0.1, 0.15) is 53.4 Å². The van der Waals surface area contributed by atoms with Gasteiger partial charge in [0.05, 0.1) is 37.9 Å². The first-order chi connectivity index (χ1) is 19.2. The van der Waals surface area contributed by atoms with E-state index in [4.69, 9.17) is 28.1 Å². The Morgan fingerprint density at radius 3 is 2.38 bits per heavy atom. The minimum Gasteiger partial charge on any atom is -0.497 e. The summed E-state index contributed by atoms with van der Waals surface area (Å²) in [5.74, 6) is 0.772. The van der Waals surface area contributed by atoms with E-state index in [-0.39, 0.29) is 22.1 Å². The zero-order valence-corrected chi connectivity index (χ0v) is 21.3. The summed E-state index contributed by atoms with van der Waals surface area (Å²) in [5, 5.41) is 61.0. The van der Waals surface area contributed by atoms with Crippen LogP contribution in [-0.2, 0) is 14.2 Å². The first-order valence-electron chi connectivity index (χ1n) is 12.5. The van der Waals surface area contributed by atoms with Crippen LogP contribution < -0.4 is 14.9 Å². The Bertz CT molecular complexity index is 1380. The van der Waals surface area contributed by atoms with Crippen LogP contribution in [0, 0.1) is 0 Å². The molecule has 2 saturated heterocycles. The van der Waals surface area contributed by atoms with Crippen LogP contribution in [-0.4, -0.2) is 106 Å². The van der Waals surface area contributed by atoms with Crippen LogP contribution >= 0.6 is 0 Å². The fourth-order valence-electron chi connectivity index (χ4n) is 4.65. The van der Waals surface area contributed by atoms with Gasteiger partial charge in [-0.15, -0.1) is 0 Å². The second kappa shape index (κ2) is 11.4. The zero-order chi connectivity index (χ0) is 28.6. The molecular formula is C27H30O13. The highest BCUT2D eigenvalue weighted by Gasteiger charge is 2.53. The molecule has 2 aliphatic rings. The van der Waals surface area contributed by atoms with Crippen molar-refractivity contribution in [1.29, 1.82) is 0 Å². The monoisotopic (exact) mass is 562 g/mol. The molecule has 0 aliphatic carbocycles. The lowest BCUT2D eigenvalue weighted by Crippen LogP contribution is -2.62. The van der Waals surface area contributed by atoms with Gasteiger partial charge in [-0.25, -0.2) is 0 Å². The molecule has 0 unspecified atom stereocenters. The van der Waals surface area contributed by atoms with E-state index < -0.39 is 68.5 Å². The minimum absolute atomic E-state index is 0.131. The van der Waals surface area contributed by atoms with Gasteiger partial charge in [-0.3, -0.25) is 4.79 Å². The molecule has 40 heavy (non-hydrogen) atoms. The van der Waals surface area contributed by atoms with Crippen LogP contribution in [0.3, 0.4) is 0 Å². The molecule has 1 aromatic heterocycles. The van der Waals surface area contributed by atoms with Gasteiger partial charge in [-0.1, -0.05) is 12.1 Å². The van der Waals surface area contributed by atoms with Gasteiger partial charge >= 0.3 is 0 Å². The van der Waals surface area contributed by atoms with Gasteiger partial charge in [0, 0.05) is 6.07 Å². The highest BCUT2D eigenvalue weighted by atomic mass is 16.8. The van der Waals surface area contributed by atoms with Gasteiger partial charge in [0.25, 0.3) is 0 Å². The van der Waals surface area contributed by atoms with Crippen LogP contribution in [0.15, 0.2) is 57.9 Å².